The summed E-state index contributed by atoms with van der Waals surface area (Å²) in [5, 5.41) is 8.45. The second-order valence-corrected chi connectivity index (χ2v) is 5.56. The molecule has 3 rings (SSSR count). The summed E-state index contributed by atoms with van der Waals surface area (Å²) in [7, 11) is 6.41. The molecule has 0 aliphatic rings. The molecule has 0 aliphatic heterocycles. The van der Waals surface area contributed by atoms with Crippen LogP contribution in [0.25, 0.3) is 11.3 Å². The third kappa shape index (κ3) is 3.56. The van der Waals surface area contributed by atoms with E-state index in [9.17, 15) is 0 Å². The van der Waals surface area contributed by atoms with Crippen LogP contribution in [0.5, 0.6) is 23.0 Å². The average molecular weight is 355 g/mol. The summed E-state index contributed by atoms with van der Waals surface area (Å²) in [4.78, 5) is 0. The highest BCUT2D eigenvalue weighted by Crippen LogP contribution is 2.38. The number of methoxy groups -OCH3 is 4. The third-order valence-corrected chi connectivity index (χ3v) is 3.99. The van der Waals surface area contributed by atoms with E-state index in [0.29, 0.717) is 23.8 Å². The molecule has 0 bridgehead atoms. The maximum absolute atomic E-state index is 5.39. The molecule has 7 nitrogen and oxygen atoms in total. The Hall–Kier alpha value is -3.22. The van der Waals surface area contributed by atoms with Crippen LogP contribution in [0.3, 0.4) is 0 Å². The first-order valence-corrected chi connectivity index (χ1v) is 8.02. The lowest BCUT2D eigenvalue weighted by Gasteiger charge is -2.14. The molecule has 3 aromatic rings. The lowest BCUT2D eigenvalue weighted by molar-refractivity contribution is 0.323. The second kappa shape index (κ2) is 7.77. The Labute approximate surface area is 152 Å². The van der Waals surface area contributed by atoms with Crippen molar-refractivity contribution in [2.24, 2.45) is 0 Å². The van der Waals surface area contributed by atoms with Crippen molar-refractivity contribution < 1.29 is 18.9 Å². The highest BCUT2D eigenvalue weighted by molar-refractivity contribution is 5.59. The molecule has 0 N–H and O–H groups in total. The van der Waals surface area contributed by atoms with Crippen molar-refractivity contribution in [3.05, 3.63) is 48.2 Å². The van der Waals surface area contributed by atoms with Crippen LogP contribution in [-0.4, -0.2) is 43.4 Å². The van der Waals surface area contributed by atoms with Gasteiger partial charge in [0.15, 0.2) is 11.5 Å². The van der Waals surface area contributed by atoms with Gasteiger partial charge < -0.3 is 18.9 Å². The normalized spacial score (nSPS) is 10.5. The monoisotopic (exact) mass is 355 g/mol. The number of aromatic nitrogens is 3. The minimum absolute atomic E-state index is 0.528. The predicted molar refractivity (Wildman–Crippen MR) is 97.2 cm³/mol. The fourth-order valence-corrected chi connectivity index (χ4v) is 2.68. The van der Waals surface area contributed by atoms with Crippen LogP contribution in [0.2, 0.25) is 0 Å². The van der Waals surface area contributed by atoms with Gasteiger partial charge in [0.25, 0.3) is 0 Å². The lowest BCUT2D eigenvalue weighted by atomic mass is 10.1. The minimum atomic E-state index is 0.528. The number of hydrogen-bond acceptors (Lipinski definition) is 6. The molecule has 0 unspecified atom stereocenters. The smallest absolute Gasteiger partial charge is 0.203 e. The van der Waals surface area contributed by atoms with Crippen LogP contribution < -0.4 is 18.9 Å². The first kappa shape index (κ1) is 17.6. The van der Waals surface area contributed by atoms with Crippen LogP contribution >= 0.6 is 0 Å². The number of ether oxygens (including phenoxy) is 4. The summed E-state index contributed by atoms with van der Waals surface area (Å²) in [6.07, 6.45) is 1.89. The van der Waals surface area contributed by atoms with E-state index in [1.165, 1.54) is 0 Å². The highest BCUT2D eigenvalue weighted by Gasteiger charge is 2.14. The Balaban J connectivity index is 1.84. The van der Waals surface area contributed by atoms with Gasteiger partial charge in [0.2, 0.25) is 5.75 Å². The zero-order chi connectivity index (χ0) is 18.5. The molecule has 2 aromatic carbocycles. The zero-order valence-electron chi connectivity index (χ0n) is 15.2. The van der Waals surface area contributed by atoms with Gasteiger partial charge in [0.1, 0.15) is 11.4 Å². The zero-order valence-corrected chi connectivity index (χ0v) is 15.2. The Kier molecular flexibility index (Phi) is 5.26. The van der Waals surface area contributed by atoms with Crippen LogP contribution in [0.1, 0.15) is 5.56 Å². The molecule has 0 radical (unpaired) electrons. The van der Waals surface area contributed by atoms with Gasteiger partial charge in [-0.15, -0.1) is 5.10 Å². The summed E-state index contributed by atoms with van der Waals surface area (Å²) >= 11 is 0. The van der Waals surface area contributed by atoms with E-state index in [-0.39, 0.29) is 0 Å². The van der Waals surface area contributed by atoms with Crippen LogP contribution in [0.4, 0.5) is 0 Å². The molecule has 136 valence electrons. The summed E-state index contributed by atoms with van der Waals surface area (Å²) in [6.45, 7) is 0.528. The molecule has 0 atom stereocenters. The number of nitrogens with zero attached hydrogens (tertiary/aromatic N) is 3. The van der Waals surface area contributed by atoms with Crippen molar-refractivity contribution in [2.75, 3.05) is 28.4 Å². The van der Waals surface area contributed by atoms with E-state index < -0.39 is 0 Å². The van der Waals surface area contributed by atoms with E-state index in [0.717, 1.165) is 22.6 Å². The summed E-state index contributed by atoms with van der Waals surface area (Å²) in [6, 6.07) is 11.5. The van der Waals surface area contributed by atoms with Gasteiger partial charge in [0.05, 0.1) is 41.2 Å². The van der Waals surface area contributed by atoms with Gasteiger partial charge in [-0.05, 0) is 42.0 Å². The molecule has 1 heterocycles. The Bertz CT molecular complexity index is 850. The van der Waals surface area contributed by atoms with Gasteiger partial charge in [-0.25, -0.2) is 4.68 Å². The number of hydrogen-bond donors (Lipinski definition) is 0. The molecule has 0 fully saturated rings. The van der Waals surface area contributed by atoms with Crippen molar-refractivity contribution in [1.82, 2.24) is 15.0 Å². The van der Waals surface area contributed by atoms with E-state index in [1.54, 1.807) is 33.1 Å². The Morgan fingerprint density at radius 1 is 0.846 bits per heavy atom. The third-order valence-electron chi connectivity index (χ3n) is 3.99. The van der Waals surface area contributed by atoms with Crippen molar-refractivity contribution >= 4 is 0 Å². The van der Waals surface area contributed by atoms with E-state index in [4.69, 9.17) is 18.9 Å². The maximum atomic E-state index is 5.39. The quantitative estimate of drug-likeness (QED) is 0.649. The van der Waals surface area contributed by atoms with Gasteiger partial charge >= 0.3 is 0 Å². The summed E-state index contributed by atoms with van der Waals surface area (Å²) < 4.78 is 23.1. The van der Waals surface area contributed by atoms with Crippen molar-refractivity contribution in [2.45, 2.75) is 6.54 Å². The van der Waals surface area contributed by atoms with Crippen molar-refractivity contribution in [3.8, 4) is 34.3 Å². The molecular weight excluding hydrogens is 334 g/mol. The van der Waals surface area contributed by atoms with Crippen molar-refractivity contribution in [1.29, 1.82) is 0 Å². The molecule has 0 spiro atoms. The molecule has 1 aromatic heterocycles. The molecule has 26 heavy (non-hydrogen) atoms. The van der Waals surface area contributed by atoms with Gasteiger partial charge in [-0.1, -0.05) is 5.21 Å². The van der Waals surface area contributed by atoms with Crippen LogP contribution in [0.15, 0.2) is 42.6 Å². The molecule has 0 amide bonds. The fraction of sp³-hybridized carbons (Fsp3) is 0.263. The number of benzene rings is 2. The van der Waals surface area contributed by atoms with Crippen molar-refractivity contribution in [3.63, 3.8) is 0 Å². The second-order valence-electron chi connectivity index (χ2n) is 5.56. The number of rotatable bonds is 7. The average Bonchev–Trinajstić information content (AvgIpc) is 3.15. The first-order chi connectivity index (χ1) is 12.7. The van der Waals surface area contributed by atoms with E-state index >= 15 is 0 Å². The van der Waals surface area contributed by atoms with E-state index in [2.05, 4.69) is 10.3 Å². The van der Waals surface area contributed by atoms with Gasteiger partial charge in [-0.2, -0.15) is 0 Å². The Morgan fingerprint density at radius 3 is 2.04 bits per heavy atom. The van der Waals surface area contributed by atoms with Crippen LogP contribution in [-0.2, 0) is 6.54 Å². The fourth-order valence-electron chi connectivity index (χ4n) is 2.68. The van der Waals surface area contributed by atoms with Gasteiger partial charge in [-0.3, -0.25) is 0 Å². The van der Waals surface area contributed by atoms with Crippen LogP contribution in [0, 0.1) is 0 Å². The SMILES string of the molecule is COc1ccc(-c2cn(Cc3cc(OC)c(OC)c(OC)c3)nn2)cc1. The molecule has 0 saturated heterocycles. The minimum Gasteiger partial charge on any atom is -0.497 e. The molecule has 0 aliphatic carbocycles. The highest BCUT2D eigenvalue weighted by atomic mass is 16.5. The van der Waals surface area contributed by atoms with E-state index in [1.807, 2.05) is 42.6 Å². The lowest BCUT2D eigenvalue weighted by Crippen LogP contribution is -2.03. The molecule has 7 heteroatoms. The van der Waals surface area contributed by atoms with Gasteiger partial charge in [0, 0.05) is 5.56 Å². The predicted octanol–water partition coefficient (Wildman–Crippen LogP) is 3.03. The first-order valence-electron chi connectivity index (χ1n) is 8.02. The largest absolute Gasteiger partial charge is 0.497 e. The Morgan fingerprint density at radius 2 is 1.50 bits per heavy atom. The summed E-state index contributed by atoms with van der Waals surface area (Å²) in [5.74, 6) is 2.59. The standard InChI is InChI=1S/C19H21N3O4/c1-23-15-7-5-14(6-8-15)16-12-22(21-20-16)11-13-9-17(24-2)19(26-4)18(10-13)25-3/h5-10,12H,11H2,1-4H3. The molecule has 0 saturated carbocycles. The topological polar surface area (TPSA) is 67.6 Å². The molecular formula is C19H21N3O4. The summed E-state index contributed by atoms with van der Waals surface area (Å²) in [5.41, 5.74) is 2.73. The maximum Gasteiger partial charge on any atom is 0.203 e.